The Kier molecular flexibility index (Phi) is 8.47. The van der Waals surface area contributed by atoms with Crippen molar-refractivity contribution in [3.63, 3.8) is 0 Å². The molecule has 1 heterocycles. The molecule has 0 N–H and O–H groups in total. The number of ether oxygens (including phenoxy) is 4. The molecule has 1 aromatic rings. The molecule has 0 bridgehead atoms. The normalized spacial score (nSPS) is 26.5. The first kappa shape index (κ1) is 23.6. The summed E-state index contributed by atoms with van der Waals surface area (Å²) in [6.45, 7) is 5.31. The predicted molar refractivity (Wildman–Crippen MR) is 106 cm³/mol. The van der Waals surface area contributed by atoms with E-state index in [1.165, 1.54) is 26.8 Å². The fraction of sp³-hybridized carbons (Fsp3) is 0.526. The maximum Gasteiger partial charge on any atom is 0.303 e. The predicted octanol–water partition coefficient (Wildman–Crippen LogP) is 3.47. The minimum Gasteiger partial charge on any atom is -0.463 e. The Morgan fingerprint density at radius 2 is 1.72 bits per heavy atom. The summed E-state index contributed by atoms with van der Waals surface area (Å²) in [6, 6.07) is 4.45. The van der Waals surface area contributed by atoms with Gasteiger partial charge in [-0.3, -0.25) is 14.4 Å². The molecule has 29 heavy (non-hydrogen) atoms. The Bertz CT molecular complexity index is 773. The van der Waals surface area contributed by atoms with E-state index in [1.54, 1.807) is 19.1 Å². The number of halogens is 2. The summed E-state index contributed by atoms with van der Waals surface area (Å²) in [6.07, 6.45) is -2.45. The first-order valence-corrected chi connectivity index (χ1v) is 10.5. The SMILES string of the molecule is CC(=O)OCC1O[C@H](Sc2cc(Br)ccc2F)C(OC(C)=O)C(C)[C@H]1OC(C)=O. The molecule has 0 amide bonds. The highest BCUT2D eigenvalue weighted by molar-refractivity contribution is 9.10. The van der Waals surface area contributed by atoms with Crippen molar-refractivity contribution in [3.05, 3.63) is 28.5 Å². The van der Waals surface area contributed by atoms with Crippen LogP contribution in [0.2, 0.25) is 0 Å². The smallest absolute Gasteiger partial charge is 0.303 e. The molecule has 0 radical (unpaired) electrons. The van der Waals surface area contributed by atoms with E-state index in [0.29, 0.717) is 4.47 Å². The number of hydrogen-bond acceptors (Lipinski definition) is 8. The molecule has 1 saturated heterocycles. The molecule has 1 aliphatic rings. The van der Waals surface area contributed by atoms with Crippen molar-refractivity contribution in [2.45, 2.75) is 56.3 Å². The quantitative estimate of drug-likeness (QED) is 0.440. The molecule has 0 aliphatic carbocycles. The third-order valence-electron chi connectivity index (χ3n) is 4.17. The van der Waals surface area contributed by atoms with Gasteiger partial charge < -0.3 is 18.9 Å². The molecule has 0 spiro atoms. The van der Waals surface area contributed by atoms with Crippen molar-refractivity contribution in [2.75, 3.05) is 6.61 Å². The number of carbonyl (C=O) groups is 3. The van der Waals surface area contributed by atoms with Gasteiger partial charge in [0.1, 0.15) is 36.2 Å². The standard InChI is InChI=1S/C19H22BrFO7S/c1-9-17(26-11(3)23)15(8-25-10(2)22)28-19(18(9)27-12(4)24)29-16-7-13(20)5-6-14(16)21/h5-7,9,15,17-19H,8H2,1-4H3/t9?,15?,17-,18?,19-/m1/s1. The van der Waals surface area contributed by atoms with Crippen molar-refractivity contribution < 1.29 is 37.7 Å². The average Bonchev–Trinajstić information content (AvgIpc) is 2.61. The second-order valence-electron chi connectivity index (χ2n) is 6.55. The molecule has 1 aromatic carbocycles. The van der Waals surface area contributed by atoms with Gasteiger partial charge in [0.25, 0.3) is 0 Å². The lowest BCUT2D eigenvalue weighted by molar-refractivity contribution is -0.212. The Labute approximate surface area is 180 Å². The Hall–Kier alpha value is -1.65. The lowest BCUT2D eigenvalue weighted by Gasteiger charge is -2.43. The molecular formula is C19H22BrFO7S. The largest absolute Gasteiger partial charge is 0.463 e. The van der Waals surface area contributed by atoms with Crippen molar-refractivity contribution in [3.8, 4) is 0 Å². The van der Waals surface area contributed by atoms with E-state index in [0.717, 1.165) is 11.8 Å². The third-order valence-corrected chi connectivity index (χ3v) is 5.84. The highest BCUT2D eigenvalue weighted by atomic mass is 79.9. The van der Waals surface area contributed by atoms with Crippen LogP contribution in [0.15, 0.2) is 27.6 Å². The second-order valence-corrected chi connectivity index (χ2v) is 8.60. The lowest BCUT2D eigenvalue weighted by Crippen LogP contribution is -2.56. The maximum atomic E-state index is 14.3. The van der Waals surface area contributed by atoms with Gasteiger partial charge in [-0.05, 0) is 18.2 Å². The van der Waals surface area contributed by atoms with Crippen molar-refractivity contribution in [2.24, 2.45) is 5.92 Å². The molecule has 1 aliphatic heterocycles. The number of benzene rings is 1. The number of carbonyl (C=O) groups excluding carboxylic acids is 3. The molecule has 5 atom stereocenters. The van der Waals surface area contributed by atoms with Gasteiger partial charge in [-0.1, -0.05) is 34.6 Å². The summed E-state index contributed by atoms with van der Waals surface area (Å²) in [4.78, 5) is 34.8. The van der Waals surface area contributed by atoms with E-state index in [2.05, 4.69) is 15.9 Å². The van der Waals surface area contributed by atoms with Crippen LogP contribution in [-0.2, 0) is 33.3 Å². The van der Waals surface area contributed by atoms with Crippen LogP contribution < -0.4 is 0 Å². The van der Waals surface area contributed by atoms with Gasteiger partial charge >= 0.3 is 17.9 Å². The summed E-state index contributed by atoms with van der Waals surface area (Å²) >= 11 is 4.33. The van der Waals surface area contributed by atoms with Crippen LogP contribution in [0.4, 0.5) is 4.39 Å². The van der Waals surface area contributed by atoms with Gasteiger partial charge in [-0.2, -0.15) is 0 Å². The van der Waals surface area contributed by atoms with Gasteiger partial charge in [-0.25, -0.2) is 4.39 Å². The molecule has 7 nitrogen and oxygen atoms in total. The van der Waals surface area contributed by atoms with Crippen molar-refractivity contribution >= 4 is 45.6 Å². The summed E-state index contributed by atoms with van der Waals surface area (Å²) in [5.74, 6) is -2.58. The zero-order valence-electron chi connectivity index (χ0n) is 16.3. The van der Waals surface area contributed by atoms with Gasteiger partial charge in [0, 0.05) is 36.1 Å². The van der Waals surface area contributed by atoms with Crippen LogP contribution in [0.1, 0.15) is 27.7 Å². The molecule has 0 saturated carbocycles. The fourth-order valence-electron chi connectivity index (χ4n) is 2.95. The van der Waals surface area contributed by atoms with Crippen LogP contribution in [0, 0.1) is 11.7 Å². The van der Waals surface area contributed by atoms with Crippen molar-refractivity contribution in [1.82, 2.24) is 0 Å². The molecule has 160 valence electrons. The highest BCUT2D eigenvalue weighted by Gasteiger charge is 2.48. The van der Waals surface area contributed by atoms with Crippen LogP contribution in [0.3, 0.4) is 0 Å². The molecule has 1 fully saturated rings. The summed E-state index contributed by atoms with van der Waals surface area (Å²) in [5, 5.41) is 0. The maximum absolute atomic E-state index is 14.3. The molecule has 0 aromatic heterocycles. The number of thioether (sulfide) groups is 1. The number of esters is 3. The Morgan fingerprint density at radius 3 is 2.31 bits per heavy atom. The monoisotopic (exact) mass is 492 g/mol. The van der Waals surface area contributed by atoms with Crippen molar-refractivity contribution in [1.29, 1.82) is 0 Å². The van der Waals surface area contributed by atoms with E-state index in [9.17, 15) is 18.8 Å². The Balaban J connectivity index is 2.34. The first-order valence-electron chi connectivity index (χ1n) is 8.83. The average molecular weight is 493 g/mol. The zero-order valence-corrected chi connectivity index (χ0v) is 18.8. The minimum atomic E-state index is -0.825. The topological polar surface area (TPSA) is 88.1 Å². The number of rotatable bonds is 6. The molecule has 10 heteroatoms. The van der Waals surface area contributed by atoms with Gasteiger partial charge in [0.05, 0.1) is 0 Å². The van der Waals surface area contributed by atoms with Crippen LogP contribution in [0.25, 0.3) is 0 Å². The fourth-order valence-corrected chi connectivity index (χ4v) is 4.73. The second kappa shape index (κ2) is 10.4. The molecule has 2 rings (SSSR count). The van der Waals surface area contributed by atoms with Crippen LogP contribution >= 0.6 is 27.7 Å². The molecular weight excluding hydrogens is 471 g/mol. The van der Waals surface area contributed by atoms with E-state index in [1.807, 2.05) is 0 Å². The summed E-state index contributed by atoms with van der Waals surface area (Å²) < 4.78 is 36.8. The minimum absolute atomic E-state index is 0.164. The molecule has 3 unspecified atom stereocenters. The van der Waals surface area contributed by atoms with Crippen LogP contribution in [0.5, 0.6) is 0 Å². The summed E-state index contributed by atoms with van der Waals surface area (Å²) in [5.41, 5.74) is -0.815. The van der Waals surface area contributed by atoms with Gasteiger partial charge in [-0.15, -0.1) is 0 Å². The van der Waals surface area contributed by atoms with Gasteiger partial charge in [0.2, 0.25) is 0 Å². The van der Waals surface area contributed by atoms with Gasteiger partial charge in [0.15, 0.2) is 0 Å². The van der Waals surface area contributed by atoms with Crippen LogP contribution in [-0.4, -0.2) is 48.3 Å². The third kappa shape index (κ3) is 6.68. The summed E-state index contributed by atoms with van der Waals surface area (Å²) in [7, 11) is 0. The lowest BCUT2D eigenvalue weighted by atomic mass is 9.91. The van der Waals surface area contributed by atoms with E-state index >= 15 is 0 Å². The zero-order chi connectivity index (χ0) is 21.7. The van der Waals surface area contributed by atoms with E-state index in [4.69, 9.17) is 18.9 Å². The van der Waals surface area contributed by atoms with E-state index < -0.39 is 53.4 Å². The van der Waals surface area contributed by atoms with E-state index in [-0.39, 0.29) is 11.5 Å². The number of hydrogen-bond donors (Lipinski definition) is 0. The first-order chi connectivity index (χ1) is 13.6. The Morgan fingerprint density at radius 1 is 1.10 bits per heavy atom. The highest BCUT2D eigenvalue weighted by Crippen LogP contribution is 2.40.